The standard InChI is InChI=1S/C18H20N4OS2/c23-16(20-9-7-12-6-8-19-11-12)14-10-15-17(24-14)22-18(25-15)21-13-4-2-1-3-5-13/h1-5,10,12,19H,6-9,11H2,(H,20,23)(H,21,22). The first-order valence-corrected chi connectivity index (χ1v) is 10.1. The van der Waals surface area contributed by atoms with Crippen LogP contribution >= 0.6 is 22.7 Å². The molecule has 2 aromatic heterocycles. The number of nitrogens with zero attached hydrogens (tertiary/aromatic N) is 1. The smallest absolute Gasteiger partial charge is 0.261 e. The molecule has 130 valence electrons. The molecule has 3 heterocycles. The Bertz CT molecular complexity index is 821. The van der Waals surface area contributed by atoms with Crippen LogP contribution in [0.25, 0.3) is 9.53 Å². The Morgan fingerprint density at radius 2 is 2.16 bits per heavy atom. The van der Waals surface area contributed by atoms with Gasteiger partial charge in [0.15, 0.2) is 5.13 Å². The third-order valence-electron chi connectivity index (χ3n) is 4.34. The molecular formula is C18H20N4OS2. The maximum absolute atomic E-state index is 12.3. The number of anilines is 2. The molecule has 1 unspecified atom stereocenters. The highest BCUT2D eigenvalue weighted by molar-refractivity contribution is 7.29. The number of thiophene rings is 1. The summed E-state index contributed by atoms with van der Waals surface area (Å²) >= 11 is 3.03. The summed E-state index contributed by atoms with van der Waals surface area (Å²) in [4.78, 5) is 18.5. The van der Waals surface area contributed by atoms with Crippen LogP contribution in [-0.2, 0) is 0 Å². The molecule has 0 radical (unpaired) electrons. The number of fused-ring (bicyclic) bond motifs is 1. The van der Waals surface area contributed by atoms with Gasteiger partial charge in [0, 0.05) is 12.2 Å². The molecule has 1 aliphatic heterocycles. The number of amides is 1. The number of hydrogen-bond donors (Lipinski definition) is 3. The second-order valence-electron chi connectivity index (χ2n) is 6.19. The predicted molar refractivity (Wildman–Crippen MR) is 105 cm³/mol. The van der Waals surface area contributed by atoms with Gasteiger partial charge in [-0.15, -0.1) is 11.3 Å². The van der Waals surface area contributed by atoms with Crippen molar-refractivity contribution in [1.29, 1.82) is 0 Å². The van der Waals surface area contributed by atoms with Crippen molar-refractivity contribution in [3.63, 3.8) is 0 Å². The number of hydrogen-bond acceptors (Lipinski definition) is 6. The lowest BCUT2D eigenvalue weighted by atomic mass is 10.1. The fourth-order valence-electron chi connectivity index (χ4n) is 2.98. The molecule has 4 rings (SSSR count). The van der Waals surface area contributed by atoms with Gasteiger partial charge < -0.3 is 16.0 Å². The minimum absolute atomic E-state index is 0.0127. The molecule has 1 atom stereocenters. The van der Waals surface area contributed by atoms with E-state index in [1.165, 1.54) is 17.8 Å². The molecule has 5 nitrogen and oxygen atoms in total. The van der Waals surface area contributed by atoms with Gasteiger partial charge in [0.05, 0.1) is 9.58 Å². The van der Waals surface area contributed by atoms with Gasteiger partial charge in [-0.05, 0) is 50.0 Å². The van der Waals surface area contributed by atoms with Crippen LogP contribution in [0.1, 0.15) is 22.5 Å². The molecule has 0 aliphatic carbocycles. The minimum atomic E-state index is 0.0127. The zero-order chi connectivity index (χ0) is 17.1. The first-order chi connectivity index (χ1) is 12.3. The lowest BCUT2D eigenvalue weighted by Crippen LogP contribution is -2.25. The zero-order valence-corrected chi connectivity index (χ0v) is 15.4. The molecule has 3 N–H and O–H groups in total. The zero-order valence-electron chi connectivity index (χ0n) is 13.7. The molecule has 7 heteroatoms. The Labute approximate surface area is 154 Å². The van der Waals surface area contributed by atoms with Crippen LogP contribution in [0.3, 0.4) is 0 Å². The van der Waals surface area contributed by atoms with Gasteiger partial charge in [-0.3, -0.25) is 4.79 Å². The van der Waals surface area contributed by atoms with Crippen molar-refractivity contribution in [2.24, 2.45) is 5.92 Å². The molecule has 0 spiro atoms. The molecule has 1 aliphatic rings. The molecule has 25 heavy (non-hydrogen) atoms. The van der Waals surface area contributed by atoms with E-state index in [1.807, 2.05) is 36.4 Å². The number of benzene rings is 1. The normalized spacial score (nSPS) is 17.0. The second-order valence-corrected chi connectivity index (χ2v) is 8.25. The van der Waals surface area contributed by atoms with E-state index in [0.29, 0.717) is 5.92 Å². The number of nitrogens with one attached hydrogen (secondary N) is 3. The average Bonchev–Trinajstić information content (AvgIpc) is 3.32. The number of carbonyl (C=O) groups excluding carboxylic acids is 1. The van der Waals surface area contributed by atoms with Crippen molar-refractivity contribution in [2.75, 3.05) is 25.0 Å². The number of para-hydroxylation sites is 1. The SMILES string of the molecule is O=C(NCCC1CCNC1)c1cc2sc(Nc3ccccc3)nc2s1. The van der Waals surface area contributed by atoms with Gasteiger partial charge >= 0.3 is 0 Å². The number of aromatic nitrogens is 1. The Morgan fingerprint density at radius 3 is 2.92 bits per heavy atom. The number of carbonyl (C=O) groups is 1. The minimum Gasteiger partial charge on any atom is -0.351 e. The second kappa shape index (κ2) is 7.51. The average molecular weight is 373 g/mol. The predicted octanol–water partition coefficient (Wildman–Crippen LogP) is 3.83. The quantitative estimate of drug-likeness (QED) is 0.615. The fraction of sp³-hybridized carbons (Fsp3) is 0.333. The van der Waals surface area contributed by atoms with Crippen LogP contribution in [0, 0.1) is 5.92 Å². The summed E-state index contributed by atoms with van der Waals surface area (Å²) in [5.41, 5.74) is 1.02. The van der Waals surface area contributed by atoms with E-state index in [4.69, 9.17) is 0 Å². The summed E-state index contributed by atoms with van der Waals surface area (Å²) < 4.78 is 1.05. The molecule has 1 saturated heterocycles. The topological polar surface area (TPSA) is 66.1 Å². The summed E-state index contributed by atoms with van der Waals surface area (Å²) in [6.45, 7) is 2.92. The first-order valence-electron chi connectivity index (χ1n) is 8.49. The molecule has 0 saturated carbocycles. The van der Waals surface area contributed by atoms with Gasteiger partial charge in [-0.1, -0.05) is 29.5 Å². The number of thiazole rings is 1. The van der Waals surface area contributed by atoms with E-state index < -0.39 is 0 Å². The lowest BCUT2D eigenvalue weighted by Gasteiger charge is -2.08. The summed E-state index contributed by atoms with van der Waals surface area (Å²) in [6.07, 6.45) is 2.26. The van der Waals surface area contributed by atoms with E-state index in [0.717, 1.165) is 51.3 Å². The summed E-state index contributed by atoms with van der Waals surface area (Å²) in [7, 11) is 0. The Morgan fingerprint density at radius 1 is 1.28 bits per heavy atom. The Balaban J connectivity index is 1.36. The Kier molecular flexibility index (Phi) is 4.96. The van der Waals surface area contributed by atoms with E-state index in [1.54, 1.807) is 11.3 Å². The van der Waals surface area contributed by atoms with Crippen molar-refractivity contribution >= 4 is 48.9 Å². The van der Waals surface area contributed by atoms with Gasteiger partial charge in [0.2, 0.25) is 0 Å². The maximum Gasteiger partial charge on any atom is 0.261 e. The monoisotopic (exact) mass is 372 g/mol. The van der Waals surface area contributed by atoms with Crippen LogP contribution < -0.4 is 16.0 Å². The van der Waals surface area contributed by atoms with Crippen LogP contribution in [0.15, 0.2) is 36.4 Å². The molecule has 0 bridgehead atoms. The summed E-state index contributed by atoms with van der Waals surface area (Å²) in [5.74, 6) is 0.708. The van der Waals surface area contributed by atoms with Crippen molar-refractivity contribution in [2.45, 2.75) is 12.8 Å². The largest absolute Gasteiger partial charge is 0.351 e. The van der Waals surface area contributed by atoms with Crippen molar-refractivity contribution < 1.29 is 4.79 Å². The van der Waals surface area contributed by atoms with E-state index in [-0.39, 0.29) is 5.91 Å². The molecule has 3 aromatic rings. The third kappa shape index (κ3) is 4.00. The van der Waals surface area contributed by atoms with Crippen LogP contribution in [-0.4, -0.2) is 30.5 Å². The van der Waals surface area contributed by atoms with E-state index >= 15 is 0 Å². The van der Waals surface area contributed by atoms with Gasteiger partial charge in [0.25, 0.3) is 5.91 Å². The first kappa shape index (κ1) is 16.5. The van der Waals surface area contributed by atoms with Crippen LogP contribution in [0.4, 0.5) is 10.8 Å². The molecule has 1 amide bonds. The van der Waals surface area contributed by atoms with Crippen LogP contribution in [0.5, 0.6) is 0 Å². The molecule has 1 aromatic carbocycles. The fourth-order valence-corrected chi connectivity index (χ4v) is 5.04. The molecule has 1 fully saturated rings. The van der Waals surface area contributed by atoms with Gasteiger partial charge in [-0.2, -0.15) is 0 Å². The van der Waals surface area contributed by atoms with E-state index in [2.05, 4.69) is 20.9 Å². The maximum atomic E-state index is 12.3. The molecular weight excluding hydrogens is 352 g/mol. The van der Waals surface area contributed by atoms with Gasteiger partial charge in [0.1, 0.15) is 4.83 Å². The van der Waals surface area contributed by atoms with E-state index in [9.17, 15) is 4.79 Å². The third-order valence-corrected chi connectivity index (χ3v) is 6.41. The van der Waals surface area contributed by atoms with Gasteiger partial charge in [-0.25, -0.2) is 4.98 Å². The van der Waals surface area contributed by atoms with Crippen molar-refractivity contribution in [1.82, 2.24) is 15.6 Å². The van der Waals surface area contributed by atoms with Crippen LogP contribution in [0.2, 0.25) is 0 Å². The van der Waals surface area contributed by atoms with Crippen molar-refractivity contribution in [3.8, 4) is 0 Å². The lowest BCUT2D eigenvalue weighted by molar-refractivity contribution is 0.0956. The van der Waals surface area contributed by atoms with Crippen molar-refractivity contribution in [3.05, 3.63) is 41.3 Å². The number of rotatable bonds is 6. The highest BCUT2D eigenvalue weighted by Gasteiger charge is 2.16. The highest BCUT2D eigenvalue weighted by Crippen LogP contribution is 2.34. The Hall–Kier alpha value is -1.96. The summed E-state index contributed by atoms with van der Waals surface area (Å²) in [5, 5.41) is 10.5. The summed E-state index contributed by atoms with van der Waals surface area (Å²) in [6, 6.07) is 11.9. The highest BCUT2D eigenvalue weighted by atomic mass is 32.1.